The molecule has 0 radical (unpaired) electrons. The Morgan fingerprint density at radius 1 is 1.32 bits per heavy atom. The van der Waals surface area contributed by atoms with Gasteiger partial charge in [-0.1, -0.05) is 13.0 Å². The van der Waals surface area contributed by atoms with E-state index in [0.29, 0.717) is 17.8 Å². The molecule has 6 heteroatoms. The maximum absolute atomic E-state index is 12.4. The van der Waals surface area contributed by atoms with E-state index in [2.05, 4.69) is 22.1 Å². The van der Waals surface area contributed by atoms with Gasteiger partial charge in [-0.05, 0) is 25.0 Å². The van der Waals surface area contributed by atoms with Crippen molar-refractivity contribution < 1.29 is 9.53 Å². The summed E-state index contributed by atoms with van der Waals surface area (Å²) in [6, 6.07) is 6.02. The summed E-state index contributed by atoms with van der Waals surface area (Å²) in [6.45, 7) is 9.22. The molecule has 0 aliphatic carbocycles. The number of carbonyl (C=O) groups excluding carboxylic acids is 1. The Hall–Kier alpha value is -1.66. The Morgan fingerprint density at radius 2 is 2.09 bits per heavy atom. The number of nitrogens with zero attached hydrogens (tertiary/aromatic N) is 3. The Bertz CT molecular complexity index is 531. The van der Waals surface area contributed by atoms with Gasteiger partial charge in [0.15, 0.2) is 0 Å². The molecule has 3 rings (SSSR count). The zero-order chi connectivity index (χ0) is 15.5. The Labute approximate surface area is 131 Å². The predicted molar refractivity (Wildman–Crippen MR) is 84.9 cm³/mol. The van der Waals surface area contributed by atoms with Crippen LogP contribution in [0.2, 0.25) is 0 Å². The summed E-state index contributed by atoms with van der Waals surface area (Å²) in [6.07, 6.45) is 0. The second-order valence-electron chi connectivity index (χ2n) is 6.19. The molecule has 0 spiro atoms. The minimum atomic E-state index is -0.0549. The minimum absolute atomic E-state index is 0.0549. The number of aromatic nitrogens is 1. The number of amides is 2. The van der Waals surface area contributed by atoms with Crippen LogP contribution in [0.15, 0.2) is 18.2 Å². The van der Waals surface area contributed by atoms with E-state index in [1.807, 2.05) is 30.0 Å². The molecule has 1 aromatic rings. The molecule has 2 atom stereocenters. The van der Waals surface area contributed by atoms with Gasteiger partial charge in [0.05, 0.1) is 13.2 Å². The average Bonchev–Trinajstić information content (AvgIpc) is 2.90. The lowest BCUT2D eigenvalue weighted by Gasteiger charge is -2.33. The van der Waals surface area contributed by atoms with E-state index in [0.717, 1.165) is 45.1 Å². The molecule has 1 N–H and O–H groups in total. The topological polar surface area (TPSA) is 57.7 Å². The molecule has 6 nitrogen and oxygen atoms in total. The summed E-state index contributed by atoms with van der Waals surface area (Å²) >= 11 is 0. The molecule has 3 heterocycles. The van der Waals surface area contributed by atoms with Crippen molar-refractivity contribution in [1.82, 2.24) is 14.8 Å². The summed E-state index contributed by atoms with van der Waals surface area (Å²) in [7, 11) is 0. The van der Waals surface area contributed by atoms with Crippen LogP contribution in [-0.4, -0.2) is 66.2 Å². The van der Waals surface area contributed by atoms with Gasteiger partial charge in [-0.15, -0.1) is 0 Å². The number of pyridine rings is 1. The summed E-state index contributed by atoms with van der Waals surface area (Å²) < 4.78 is 5.42. The SMILES string of the molecule is Cc1cccc(NC(=O)N2C[C@@H](N3CCOCC3)[C@@H](C)C2)n1. The lowest BCUT2D eigenvalue weighted by Crippen LogP contribution is -2.47. The predicted octanol–water partition coefficient (Wildman–Crippen LogP) is 1.57. The molecule has 22 heavy (non-hydrogen) atoms. The highest BCUT2D eigenvalue weighted by molar-refractivity contribution is 5.88. The van der Waals surface area contributed by atoms with Crippen molar-refractivity contribution >= 4 is 11.8 Å². The Kier molecular flexibility index (Phi) is 4.59. The third kappa shape index (κ3) is 3.39. The Balaban J connectivity index is 1.59. The first kappa shape index (κ1) is 15.2. The van der Waals surface area contributed by atoms with Crippen LogP contribution in [0.4, 0.5) is 10.6 Å². The van der Waals surface area contributed by atoms with Gasteiger partial charge in [-0.2, -0.15) is 0 Å². The molecule has 2 aliphatic rings. The number of hydrogen-bond acceptors (Lipinski definition) is 4. The van der Waals surface area contributed by atoms with Crippen molar-refractivity contribution in [2.75, 3.05) is 44.7 Å². The largest absolute Gasteiger partial charge is 0.379 e. The molecular weight excluding hydrogens is 280 g/mol. The van der Waals surface area contributed by atoms with Crippen molar-refractivity contribution in [3.8, 4) is 0 Å². The van der Waals surface area contributed by atoms with E-state index in [9.17, 15) is 4.79 Å². The van der Waals surface area contributed by atoms with Crippen LogP contribution in [0, 0.1) is 12.8 Å². The molecule has 1 aromatic heterocycles. The number of anilines is 1. The highest BCUT2D eigenvalue weighted by atomic mass is 16.5. The van der Waals surface area contributed by atoms with E-state index >= 15 is 0 Å². The fraction of sp³-hybridized carbons (Fsp3) is 0.625. The van der Waals surface area contributed by atoms with Gasteiger partial charge in [0, 0.05) is 37.9 Å². The van der Waals surface area contributed by atoms with Crippen LogP contribution in [0.3, 0.4) is 0 Å². The highest BCUT2D eigenvalue weighted by Crippen LogP contribution is 2.23. The first-order valence-corrected chi connectivity index (χ1v) is 7.95. The van der Waals surface area contributed by atoms with Gasteiger partial charge in [0.25, 0.3) is 0 Å². The minimum Gasteiger partial charge on any atom is -0.379 e. The lowest BCUT2D eigenvalue weighted by molar-refractivity contribution is 0.0123. The van der Waals surface area contributed by atoms with E-state index in [1.165, 1.54) is 0 Å². The number of likely N-dealkylation sites (tertiary alicyclic amines) is 1. The number of rotatable bonds is 2. The van der Waals surface area contributed by atoms with Crippen molar-refractivity contribution in [2.24, 2.45) is 5.92 Å². The summed E-state index contributed by atoms with van der Waals surface area (Å²) in [5, 5.41) is 2.90. The molecule has 2 saturated heterocycles. The normalized spacial score (nSPS) is 26.2. The monoisotopic (exact) mass is 304 g/mol. The maximum atomic E-state index is 12.4. The quantitative estimate of drug-likeness (QED) is 0.901. The molecule has 120 valence electrons. The molecule has 0 aromatic carbocycles. The van der Waals surface area contributed by atoms with Gasteiger partial charge in [-0.3, -0.25) is 10.2 Å². The third-order valence-electron chi connectivity index (χ3n) is 4.50. The number of morpholine rings is 1. The first-order chi connectivity index (χ1) is 10.6. The highest BCUT2D eigenvalue weighted by Gasteiger charge is 2.36. The second-order valence-corrected chi connectivity index (χ2v) is 6.19. The van der Waals surface area contributed by atoms with Crippen LogP contribution in [0.25, 0.3) is 0 Å². The van der Waals surface area contributed by atoms with E-state index < -0.39 is 0 Å². The van der Waals surface area contributed by atoms with Crippen molar-refractivity contribution in [3.63, 3.8) is 0 Å². The molecule has 2 fully saturated rings. The average molecular weight is 304 g/mol. The molecule has 2 amide bonds. The zero-order valence-corrected chi connectivity index (χ0v) is 13.3. The smallest absolute Gasteiger partial charge is 0.323 e. The number of carbonyl (C=O) groups is 1. The van der Waals surface area contributed by atoms with Gasteiger partial charge in [0.1, 0.15) is 5.82 Å². The van der Waals surface area contributed by atoms with Crippen LogP contribution in [0.1, 0.15) is 12.6 Å². The lowest BCUT2D eigenvalue weighted by atomic mass is 10.0. The number of urea groups is 1. The Morgan fingerprint density at radius 3 is 2.82 bits per heavy atom. The molecule has 0 bridgehead atoms. The van der Waals surface area contributed by atoms with E-state index in [4.69, 9.17) is 4.74 Å². The van der Waals surface area contributed by atoms with Crippen molar-refractivity contribution in [2.45, 2.75) is 19.9 Å². The van der Waals surface area contributed by atoms with Gasteiger partial charge < -0.3 is 9.64 Å². The number of nitrogens with one attached hydrogen (secondary N) is 1. The van der Waals surface area contributed by atoms with Crippen LogP contribution < -0.4 is 5.32 Å². The molecule has 0 saturated carbocycles. The number of hydrogen-bond donors (Lipinski definition) is 1. The summed E-state index contributed by atoms with van der Waals surface area (Å²) in [4.78, 5) is 21.1. The molecular formula is C16H24N4O2. The van der Waals surface area contributed by atoms with Crippen molar-refractivity contribution in [3.05, 3.63) is 23.9 Å². The van der Waals surface area contributed by atoms with Gasteiger partial charge in [-0.25, -0.2) is 9.78 Å². The van der Waals surface area contributed by atoms with E-state index in [-0.39, 0.29) is 6.03 Å². The van der Waals surface area contributed by atoms with Crippen LogP contribution >= 0.6 is 0 Å². The number of aryl methyl sites for hydroxylation is 1. The number of ether oxygens (including phenoxy) is 1. The molecule has 2 aliphatic heterocycles. The van der Waals surface area contributed by atoms with Crippen LogP contribution in [0.5, 0.6) is 0 Å². The summed E-state index contributed by atoms with van der Waals surface area (Å²) in [5.74, 6) is 1.10. The molecule has 0 unspecified atom stereocenters. The van der Waals surface area contributed by atoms with E-state index in [1.54, 1.807) is 0 Å². The van der Waals surface area contributed by atoms with Gasteiger partial charge >= 0.3 is 6.03 Å². The fourth-order valence-corrected chi connectivity index (χ4v) is 3.30. The fourth-order valence-electron chi connectivity index (χ4n) is 3.30. The first-order valence-electron chi connectivity index (χ1n) is 7.95. The standard InChI is InChI=1S/C16H24N4O2/c1-12-10-20(11-14(12)19-6-8-22-9-7-19)16(21)18-15-5-3-4-13(2)17-15/h3-5,12,14H,6-11H2,1-2H3,(H,17,18,21)/t12-,14+/m0/s1. The maximum Gasteiger partial charge on any atom is 0.323 e. The zero-order valence-electron chi connectivity index (χ0n) is 13.3. The summed E-state index contributed by atoms with van der Waals surface area (Å²) in [5.41, 5.74) is 0.902. The van der Waals surface area contributed by atoms with Gasteiger partial charge in [0.2, 0.25) is 0 Å². The van der Waals surface area contributed by atoms with Crippen molar-refractivity contribution in [1.29, 1.82) is 0 Å². The van der Waals surface area contributed by atoms with Crippen LogP contribution in [-0.2, 0) is 4.74 Å². The second kappa shape index (κ2) is 6.62. The third-order valence-corrected chi connectivity index (χ3v) is 4.50.